The number of nitrogens with zero attached hydrogens (tertiary/aromatic N) is 2. The highest BCUT2D eigenvalue weighted by atomic mass is 32.2. The molecular weight excluding hydrogens is 464 g/mol. The number of quaternary nitrogens is 1. The summed E-state index contributed by atoms with van der Waals surface area (Å²) in [4.78, 5) is 10.9. The highest BCUT2D eigenvalue weighted by molar-refractivity contribution is 7.91. The molecular formula is C19H26FN3O5PS2+. The quantitative estimate of drug-likeness (QED) is 0.367. The lowest BCUT2D eigenvalue weighted by Crippen LogP contribution is -2.46. The molecule has 1 aromatic carbocycles. The third-order valence-corrected chi connectivity index (χ3v) is 9.40. The van der Waals surface area contributed by atoms with Gasteiger partial charge in [0.1, 0.15) is 34.7 Å². The fourth-order valence-corrected chi connectivity index (χ4v) is 7.04. The first-order chi connectivity index (χ1) is 14.5. The predicted molar refractivity (Wildman–Crippen MR) is 117 cm³/mol. The van der Waals surface area contributed by atoms with Gasteiger partial charge in [-0.3, -0.25) is 0 Å². The summed E-state index contributed by atoms with van der Waals surface area (Å²) in [5.74, 6) is -1.19. The maximum Gasteiger partial charge on any atom is 0.391 e. The second-order valence-corrected chi connectivity index (χ2v) is 11.9. The molecule has 0 fully saturated rings. The Labute approximate surface area is 186 Å². The molecule has 1 unspecified atom stereocenters. The number of nitrogens with one attached hydrogen (secondary N) is 1. The van der Waals surface area contributed by atoms with Crippen LogP contribution in [0.15, 0.2) is 34.5 Å². The van der Waals surface area contributed by atoms with E-state index in [-0.39, 0.29) is 15.5 Å². The average Bonchev–Trinajstić information content (AvgIpc) is 3.20. The Kier molecular flexibility index (Phi) is 8.39. The van der Waals surface area contributed by atoms with Gasteiger partial charge in [0.25, 0.3) is 10.0 Å². The first-order valence-electron chi connectivity index (χ1n) is 9.64. The Morgan fingerprint density at radius 2 is 1.87 bits per heavy atom. The molecule has 12 heteroatoms. The minimum atomic E-state index is -4.45. The molecule has 2 rings (SSSR count). The number of nitriles is 1. The van der Waals surface area contributed by atoms with Crippen molar-refractivity contribution in [3.63, 3.8) is 0 Å². The van der Waals surface area contributed by atoms with Gasteiger partial charge in [-0.15, -0.1) is 11.3 Å². The highest BCUT2D eigenvalue weighted by Gasteiger charge is 2.28. The molecule has 0 bridgehead atoms. The lowest BCUT2D eigenvalue weighted by Gasteiger charge is -2.35. The van der Waals surface area contributed by atoms with Crippen molar-refractivity contribution in [1.29, 1.82) is 5.26 Å². The van der Waals surface area contributed by atoms with E-state index in [1.807, 2.05) is 0 Å². The minimum Gasteiger partial charge on any atom is -0.424 e. The molecule has 31 heavy (non-hydrogen) atoms. The Balaban J connectivity index is 2.07. The summed E-state index contributed by atoms with van der Waals surface area (Å²) in [5.41, 5.74) is -0.244. The van der Waals surface area contributed by atoms with Gasteiger partial charge in [-0.05, 0) is 45.0 Å². The van der Waals surface area contributed by atoms with Crippen molar-refractivity contribution in [2.75, 3.05) is 25.9 Å². The van der Waals surface area contributed by atoms with E-state index in [0.717, 1.165) is 58.5 Å². The third-order valence-electron chi connectivity index (χ3n) is 5.17. The minimum absolute atomic E-state index is 0.0355. The van der Waals surface area contributed by atoms with E-state index in [9.17, 15) is 22.3 Å². The number of sulfonamides is 1. The fraction of sp³-hybridized carbons (Fsp3) is 0.421. The van der Waals surface area contributed by atoms with E-state index in [4.69, 9.17) is 9.79 Å². The molecule has 0 radical (unpaired) electrons. The van der Waals surface area contributed by atoms with E-state index in [2.05, 4.69) is 25.5 Å². The van der Waals surface area contributed by atoms with Crippen molar-refractivity contribution < 1.29 is 31.3 Å². The molecule has 0 spiro atoms. The third kappa shape index (κ3) is 6.59. The Morgan fingerprint density at radius 3 is 2.42 bits per heavy atom. The maximum atomic E-state index is 13.6. The lowest BCUT2D eigenvalue weighted by atomic mass is 10.2. The molecule has 8 nitrogen and oxygen atoms in total. The molecule has 0 amide bonds. The Bertz CT molecular complexity index is 1100. The van der Waals surface area contributed by atoms with Crippen LogP contribution in [0.5, 0.6) is 5.75 Å². The first kappa shape index (κ1) is 25.5. The maximum absolute atomic E-state index is 13.6. The summed E-state index contributed by atoms with van der Waals surface area (Å²) >= 11 is 1.11. The number of halogens is 1. The van der Waals surface area contributed by atoms with Crippen molar-refractivity contribution in [1.82, 2.24) is 4.72 Å². The number of thiophene rings is 1. The summed E-state index contributed by atoms with van der Waals surface area (Å²) in [7, 11) is -8.48. The van der Waals surface area contributed by atoms with Crippen LogP contribution in [0, 0.1) is 17.1 Å². The molecule has 2 aromatic rings. The zero-order valence-electron chi connectivity index (χ0n) is 17.5. The Morgan fingerprint density at radius 1 is 1.23 bits per heavy atom. The van der Waals surface area contributed by atoms with E-state index in [1.165, 1.54) is 6.07 Å². The van der Waals surface area contributed by atoms with Crippen LogP contribution >= 0.6 is 18.9 Å². The van der Waals surface area contributed by atoms with Crippen molar-refractivity contribution in [3.05, 3.63) is 46.6 Å². The normalized spacial score (nSPS) is 14.1. The van der Waals surface area contributed by atoms with Crippen molar-refractivity contribution in [2.45, 2.75) is 31.5 Å². The Hall–Kier alpha value is -1.80. The van der Waals surface area contributed by atoms with Crippen LogP contribution < -0.4 is 9.25 Å². The summed E-state index contributed by atoms with van der Waals surface area (Å²) in [6.07, 6.45) is -0.886. The molecule has 0 aliphatic carbocycles. The second kappa shape index (κ2) is 10.2. The number of hydrogen-bond donors (Lipinski definition) is 2. The first-order valence-corrected chi connectivity index (χ1v) is 13.7. The fourth-order valence-electron chi connectivity index (χ4n) is 3.00. The van der Waals surface area contributed by atoms with Crippen LogP contribution in [0.4, 0.5) is 4.39 Å². The van der Waals surface area contributed by atoms with E-state index < -0.39 is 29.7 Å². The molecule has 0 aliphatic heterocycles. The van der Waals surface area contributed by atoms with Gasteiger partial charge in [0, 0.05) is 6.07 Å². The van der Waals surface area contributed by atoms with Crippen LogP contribution in [0.3, 0.4) is 0 Å². The molecule has 1 aromatic heterocycles. The van der Waals surface area contributed by atoms with Gasteiger partial charge in [0.2, 0.25) is 0 Å². The monoisotopic (exact) mass is 490 g/mol. The SMILES string of the molecule is CC[N+](CC)(CC)Cc1ccc(S(=O)(=O)NCP(=O)(O)Oc2ccc(C#N)c(F)c2)s1. The van der Waals surface area contributed by atoms with Crippen LogP contribution in [-0.2, 0) is 21.1 Å². The molecule has 0 saturated carbocycles. The zero-order valence-corrected chi connectivity index (χ0v) is 20.1. The van der Waals surface area contributed by atoms with Crippen LogP contribution in [0.1, 0.15) is 31.2 Å². The summed E-state index contributed by atoms with van der Waals surface area (Å²) in [6, 6.07) is 7.89. The van der Waals surface area contributed by atoms with Gasteiger partial charge in [-0.25, -0.2) is 17.4 Å². The van der Waals surface area contributed by atoms with Gasteiger partial charge in [0.05, 0.1) is 30.1 Å². The predicted octanol–water partition coefficient (Wildman–Crippen LogP) is 3.64. The smallest absolute Gasteiger partial charge is 0.391 e. The summed E-state index contributed by atoms with van der Waals surface area (Å²) < 4.78 is 58.8. The van der Waals surface area contributed by atoms with Gasteiger partial charge < -0.3 is 13.9 Å². The highest BCUT2D eigenvalue weighted by Crippen LogP contribution is 2.42. The molecule has 2 N–H and O–H groups in total. The van der Waals surface area contributed by atoms with Gasteiger partial charge in [0.15, 0.2) is 0 Å². The van der Waals surface area contributed by atoms with Crippen LogP contribution in [0.25, 0.3) is 0 Å². The van der Waals surface area contributed by atoms with E-state index >= 15 is 0 Å². The molecule has 170 valence electrons. The van der Waals surface area contributed by atoms with E-state index in [0.29, 0.717) is 6.54 Å². The number of benzene rings is 1. The van der Waals surface area contributed by atoms with Crippen LogP contribution in [-0.4, -0.2) is 43.7 Å². The van der Waals surface area contributed by atoms with Crippen LogP contribution in [0.2, 0.25) is 0 Å². The van der Waals surface area contributed by atoms with E-state index in [1.54, 1.807) is 12.1 Å². The largest absolute Gasteiger partial charge is 0.424 e. The van der Waals surface area contributed by atoms with Gasteiger partial charge in [-0.1, -0.05) is 0 Å². The zero-order chi connectivity index (χ0) is 23.3. The topological polar surface area (TPSA) is 116 Å². The molecule has 0 saturated heterocycles. The van der Waals surface area contributed by atoms with Crippen molar-refractivity contribution in [3.8, 4) is 11.8 Å². The summed E-state index contributed by atoms with van der Waals surface area (Å²) in [6.45, 7) is 9.76. The number of hydrogen-bond acceptors (Lipinski definition) is 6. The molecule has 0 aliphatic rings. The number of rotatable bonds is 11. The molecule has 1 heterocycles. The van der Waals surface area contributed by atoms with Gasteiger partial charge in [-0.2, -0.15) is 9.98 Å². The standard InChI is InChI=1S/C19H25FN3O5PS2/c1-4-23(5-2,6-3)13-17-9-10-19(30-17)31(26,27)22-14-29(24,25)28-16-8-7-15(12-21)18(20)11-16/h7-11,22H,4-6,13-14H2,1-3H3/p+1. The average molecular weight is 491 g/mol. The second-order valence-electron chi connectivity index (χ2n) is 6.96. The van der Waals surface area contributed by atoms with Crippen molar-refractivity contribution >= 4 is 29.0 Å². The van der Waals surface area contributed by atoms with Crippen molar-refractivity contribution in [2.24, 2.45) is 0 Å². The molecule has 1 atom stereocenters. The lowest BCUT2D eigenvalue weighted by molar-refractivity contribution is -0.935. The van der Waals surface area contributed by atoms with Gasteiger partial charge >= 0.3 is 7.60 Å². The summed E-state index contributed by atoms with van der Waals surface area (Å²) in [5, 5.41) is 8.72.